The predicted octanol–water partition coefficient (Wildman–Crippen LogP) is 6.68. The second kappa shape index (κ2) is 16.2. The minimum Gasteiger partial charge on any atom is -0.493 e. The fourth-order valence-corrected chi connectivity index (χ4v) is 5.01. The van der Waals surface area contributed by atoms with Crippen LogP contribution in [0.1, 0.15) is 63.1 Å². The van der Waals surface area contributed by atoms with E-state index < -0.39 is 5.97 Å². The van der Waals surface area contributed by atoms with Gasteiger partial charge in [-0.2, -0.15) is 0 Å². The molecular formula is C35H39NO7. The zero-order valence-corrected chi connectivity index (χ0v) is 24.6. The van der Waals surface area contributed by atoms with Gasteiger partial charge in [0.2, 0.25) is 0 Å². The van der Waals surface area contributed by atoms with Crippen molar-refractivity contribution in [3.8, 4) is 5.75 Å². The number of allylic oxidation sites excluding steroid dienone is 1. The van der Waals surface area contributed by atoms with Gasteiger partial charge in [0, 0.05) is 12.1 Å². The number of carbonyl (C=O) groups excluding carboxylic acids is 2. The molecular weight excluding hydrogens is 546 g/mol. The number of unbranched alkanes of at least 4 members (excludes halogenated alkanes) is 2. The van der Waals surface area contributed by atoms with Crippen LogP contribution >= 0.6 is 0 Å². The molecule has 3 aromatic carbocycles. The smallest absolute Gasteiger partial charge is 0.409 e. The van der Waals surface area contributed by atoms with E-state index in [4.69, 9.17) is 14.2 Å². The highest BCUT2D eigenvalue weighted by atomic mass is 16.6. The Hall–Kier alpha value is -4.59. The maximum atomic E-state index is 11.9. The minimum atomic E-state index is -0.933. The van der Waals surface area contributed by atoms with Crippen molar-refractivity contribution in [3.63, 3.8) is 0 Å². The average Bonchev–Trinajstić information content (AvgIpc) is 3.44. The molecule has 0 radical (unpaired) electrons. The fraction of sp³-hybridized carbons (Fsp3) is 0.343. The number of carboxylic acid groups (broad SMARTS) is 1. The number of rotatable bonds is 16. The van der Waals surface area contributed by atoms with Crippen LogP contribution in [-0.2, 0) is 22.3 Å². The molecule has 0 bridgehead atoms. The Morgan fingerprint density at radius 1 is 0.953 bits per heavy atom. The molecule has 0 aliphatic carbocycles. The van der Waals surface area contributed by atoms with Gasteiger partial charge in [-0.15, -0.1) is 0 Å². The Kier molecular flexibility index (Phi) is 11.8. The van der Waals surface area contributed by atoms with E-state index in [9.17, 15) is 19.5 Å². The van der Waals surface area contributed by atoms with E-state index in [1.807, 2.05) is 48.5 Å². The Morgan fingerprint density at radius 2 is 1.67 bits per heavy atom. The average molecular weight is 586 g/mol. The number of hydrogen-bond donors (Lipinski definition) is 1. The molecule has 0 saturated carbocycles. The molecule has 226 valence electrons. The van der Waals surface area contributed by atoms with Gasteiger partial charge in [-0.25, -0.2) is 14.4 Å². The lowest BCUT2D eigenvalue weighted by Crippen LogP contribution is -2.25. The summed E-state index contributed by atoms with van der Waals surface area (Å²) in [6.07, 6.45) is 9.30. The summed E-state index contributed by atoms with van der Waals surface area (Å²) in [6, 6.07) is 22.5. The van der Waals surface area contributed by atoms with Crippen molar-refractivity contribution in [2.24, 2.45) is 5.92 Å². The summed E-state index contributed by atoms with van der Waals surface area (Å²) in [5.74, 6) is -0.279. The van der Waals surface area contributed by atoms with Crippen LogP contribution in [0.15, 0.2) is 78.9 Å². The zero-order chi connectivity index (χ0) is 30.4. The highest BCUT2D eigenvalue weighted by Gasteiger charge is 2.20. The highest BCUT2D eigenvalue weighted by molar-refractivity contribution is 5.89. The van der Waals surface area contributed by atoms with Crippen LogP contribution in [0.5, 0.6) is 5.75 Å². The van der Waals surface area contributed by atoms with Gasteiger partial charge >= 0.3 is 18.0 Å². The summed E-state index contributed by atoms with van der Waals surface area (Å²) in [5, 5.41) is 9.20. The van der Waals surface area contributed by atoms with E-state index >= 15 is 0 Å². The number of benzene rings is 3. The maximum absolute atomic E-state index is 11.9. The van der Waals surface area contributed by atoms with Crippen molar-refractivity contribution < 1.29 is 33.7 Å². The molecule has 1 amide bonds. The highest BCUT2D eigenvalue weighted by Crippen LogP contribution is 2.24. The lowest BCUT2D eigenvalue weighted by molar-refractivity contribution is 0.0599. The van der Waals surface area contributed by atoms with E-state index in [0.29, 0.717) is 31.9 Å². The molecule has 1 atom stereocenters. The summed E-state index contributed by atoms with van der Waals surface area (Å²) in [6.45, 7) is 2.47. The first-order chi connectivity index (χ1) is 20.9. The van der Waals surface area contributed by atoms with Crippen molar-refractivity contribution in [2.45, 2.75) is 38.5 Å². The summed E-state index contributed by atoms with van der Waals surface area (Å²) in [4.78, 5) is 36.4. The van der Waals surface area contributed by atoms with Crippen LogP contribution in [-0.4, -0.2) is 61.5 Å². The van der Waals surface area contributed by atoms with Crippen molar-refractivity contribution in [2.75, 3.05) is 33.4 Å². The predicted molar refractivity (Wildman–Crippen MR) is 164 cm³/mol. The van der Waals surface area contributed by atoms with Gasteiger partial charge in [0.25, 0.3) is 0 Å². The molecule has 0 aromatic heterocycles. The molecule has 1 N–H and O–H groups in total. The van der Waals surface area contributed by atoms with Crippen LogP contribution in [0.25, 0.3) is 6.08 Å². The van der Waals surface area contributed by atoms with E-state index in [0.717, 1.165) is 61.0 Å². The Balaban J connectivity index is 1.37. The molecule has 1 heterocycles. The number of carboxylic acids is 1. The van der Waals surface area contributed by atoms with Crippen LogP contribution in [0.4, 0.5) is 4.79 Å². The second-order valence-electron chi connectivity index (χ2n) is 10.6. The van der Waals surface area contributed by atoms with Crippen LogP contribution in [0, 0.1) is 5.92 Å². The number of aromatic carboxylic acids is 1. The molecule has 0 spiro atoms. The lowest BCUT2D eigenvalue weighted by atomic mass is 9.91. The molecule has 43 heavy (non-hydrogen) atoms. The topological polar surface area (TPSA) is 102 Å². The quantitative estimate of drug-likeness (QED) is 0.148. The van der Waals surface area contributed by atoms with E-state index in [-0.39, 0.29) is 23.5 Å². The molecule has 1 aliphatic rings. The first-order valence-corrected chi connectivity index (χ1v) is 14.7. The molecule has 1 fully saturated rings. The number of hydrogen-bond acceptors (Lipinski definition) is 6. The van der Waals surface area contributed by atoms with E-state index in [2.05, 4.69) is 12.2 Å². The first kappa shape index (κ1) is 31.3. The first-order valence-electron chi connectivity index (χ1n) is 14.7. The third-order valence-corrected chi connectivity index (χ3v) is 7.52. The number of cyclic esters (lactones) is 1. The number of para-hydroxylation sites is 1. The largest absolute Gasteiger partial charge is 0.493 e. The molecule has 8 nitrogen and oxygen atoms in total. The van der Waals surface area contributed by atoms with Gasteiger partial charge in [0.1, 0.15) is 12.4 Å². The standard InChI is InChI=1S/C35H39NO7/c1-41-34(39)31-19-14-28(15-20-31)25-27(10-9-26-11-17-30(18-12-26)33(37)38)13-16-29-7-3-4-8-32(29)42-23-6-2-5-21-36-22-24-43-35(36)40/h3-4,7-8,11-20,27H,2,5-6,9-10,21-25H2,1H3,(H,37,38). The summed E-state index contributed by atoms with van der Waals surface area (Å²) < 4.78 is 15.9. The van der Waals surface area contributed by atoms with Crippen molar-refractivity contribution >= 4 is 24.1 Å². The number of methoxy groups -OCH3 is 1. The summed E-state index contributed by atoms with van der Waals surface area (Å²) in [5.41, 5.74) is 3.98. The molecule has 8 heteroatoms. The van der Waals surface area contributed by atoms with Gasteiger partial charge in [-0.05, 0) is 85.9 Å². The molecule has 1 saturated heterocycles. The number of aryl methyl sites for hydroxylation is 1. The Bertz CT molecular complexity index is 1380. The van der Waals surface area contributed by atoms with Crippen LogP contribution in [0.2, 0.25) is 0 Å². The zero-order valence-electron chi connectivity index (χ0n) is 24.6. The fourth-order valence-electron chi connectivity index (χ4n) is 5.01. The Labute approximate surface area is 252 Å². The second-order valence-corrected chi connectivity index (χ2v) is 10.6. The van der Waals surface area contributed by atoms with Crippen LogP contribution in [0.3, 0.4) is 0 Å². The molecule has 1 unspecified atom stereocenters. The van der Waals surface area contributed by atoms with Crippen molar-refractivity contribution in [1.29, 1.82) is 0 Å². The summed E-state index contributed by atoms with van der Waals surface area (Å²) in [7, 11) is 1.37. The number of amides is 1. The number of ether oxygens (including phenoxy) is 3. The summed E-state index contributed by atoms with van der Waals surface area (Å²) >= 11 is 0. The number of nitrogens with zero attached hydrogens (tertiary/aromatic N) is 1. The lowest BCUT2D eigenvalue weighted by Gasteiger charge is -2.15. The third kappa shape index (κ3) is 9.74. The van der Waals surface area contributed by atoms with Crippen molar-refractivity contribution in [3.05, 3.63) is 107 Å². The third-order valence-electron chi connectivity index (χ3n) is 7.52. The van der Waals surface area contributed by atoms with Gasteiger partial charge < -0.3 is 24.2 Å². The molecule has 3 aromatic rings. The van der Waals surface area contributed by atoms with Gasteiger partial charge in [-0.3, -0.25) is 0 Å². The maximum Gasteiger partial charge on any atom is 0.409 e. The molecule has 1 aliphatic heterocycles. The van der Waals surface area contributed by atoms with E-state index in [1.165, 1.54) is 7.11 Å². The van der Waals surface area contributed by atoms with Gasteiger partial charge in [0.15, 0.2) is 0 Å². The SMILES string of the molecule is COC(=O)c1ccc(CC(C=Cc2ccccc2OCCCCCN2CCOC2=O)CCc2ccc(C(=O)O)cc2)cc1. The van der Waals surface area contributed by atoms with Crippen LogP contribution < -0.4 is 4.74 Å². The number of carbonyl (C=O) groups is 3. The van der Waals surface area contributed by atoms with Crippen molar-refractivity contribution in [1.82, 2.24) is 4.90 Å². The number of esters is 1. The monoisotopic (exact) mass is 585 g/mol. The van der Waals surface area contributed by atoms with Gasteiger partial charge in [-0.1, -0.05) is 54.6 Å². The van der Waals surface area contributed by atoms with E-state index in [1.54, 1.807) is 29.2 Å². The minimum absolute atomic E-state index is 0.188. The van der Waals surface area contributed by atoms with Gasteiger partial charge in [0.05, 0.1) is 31.4 Å². The Morgan fingerprint density at radius 3 is 2.37 bits per heavy atom. The molecule has 4 rings (SSSR count). The normalized spacial score (nSPS) is 13.6.